The van der Waals surface area contributed by atoms with Gasteiger partial charge in [-0.2, -0.15) is 0 Å². The summed E-state index contributed by atoms with van der Waals surface area (Å²) in [6.45, 7) is 1.49. The number of ether oxygens (including phenoxy) is 2. The summed E-state index contributed by atoms with van der Waals surface area (Å²) in [5.74, 6) is 1.38. The van der Waals surface area contributed by atoms with Gasteiger partial charge in [0, 0.05) is 11.9 Å². The molecular weight excluding hydrogens is 378 g/mol. The zero-order valence-corrected chi connectivity index (χ0v) is 16.6. The molecule has 30 heavy (non-hydrogen) atoms. The Bertz CT molecular complexity index is 1230. The molecule has 5 heteroatoms. The molecule has 0 atom stereocenters. The van der Waals surface area contributed by atoms with Crippen LogP contribution in [0.25, 0.3) is 22.1 Å². The Balaban J connectivity index is 1.43. The third-order valence-corrected chi connectivity index (χ3v) is 5.41. The lowest BCUT2D eigenvalue weighted by Gasteiger charge is -2.20. The molecular formula is C25H21NO4. The molecule has 0 N–H and O–H groups in total. The van der Waals surface area contributed by atoms with Crippen molar-refractivity contribution in [2.45, 2.75) is 6.54 Å². The second kappa shape index (κ2) is 7.59. The van der Waals surface area contributed by atoms with Crippen molar-refractivity contribution in [3.8, 4) is 22.6 Å². The largest absolute Gasteiger partial charge is 0.497 e. The van der Waals surface area contributed by atoms with E-state index in [9.17, 15) is 4.79 Å². The lowest BCUT2D eigenvalue weighted by molar-refractivity contribution is 0.0743. The van der Waals surface area contributed by atoms with Crippen molar-refractivity contribution in [3.63, 3.8) is 0 Å². The highest BCUT2D eigenvalue weighted by molar-refractivity contribution is 5.98. The van der Waals surface area contributed by atoms with Crippen molar-refractivity contribution in [2.24, 2.45) is 0 Å². The van der Waals surface area contributed by atoms with Crippen molar-refractivity contribution in [1.82, 2.24) is 4.90 Å². The number of hydrogen-bond acceptors (Lipinski definition) is 4. The minimum atomic E-state index is -0.0258. The van der Waals surface area contributed by atoms with Crippen LogP contribution in [0.15, 0.2) is 77.4 Å². The quantitative estimate of drug-likeness (QED) is 0.477. The first-order valence-corrected chi connectivity index (χ1v) is 9.88. The maximum absolute atomic E-state index is 13.2. The summed E-state index contributed by atoms with van der Waals surface area (Å²) >= 11 is 0. The maximum Gasteiger partial charge on any atom is 0.258 e. The molecule has 3 aromatic carbocycles. The van der Waals surface area contributed by atoms with Crippen molar-refractivity contribution in [1.29, 1.82) is 0 Å². The maximum atomic E-state index is 13.2. The molecule has 0 unspecified atom stereocenters. The highest BCUT2D eigenvalue weighted by atomic mass is 16.5. The Hall–Kier alpha value is -3.73. The van der Waals surface area contributed by atoms with Crippen LogP contribution in [0.2, 0.25) is 0 Å². The van der Waals surface area contributed by atoms with E-state index in [0.29, 0.717) is 31.0 Å². The van der Waals surface area contributed by atoms with Gasteiger partial charge in [-0.1, -0.05) is 24.3 Å². The summed E-state index contributed by atoms with van der Waals surface area (Å²) in [4.78, 5) is 15.0. The zero-order valence-electron chi connectivity index (χ0n) is 16.6. The van der Waals surface area contributed by atoms with Crippen molar-refractivity contribution in [3.05, 3.63) is 84.1 Å². The molecule has 2 heterocycles. The van der Waals surface area contributed by atoms with E-state index in [1.807, 2.05) is 65.6 Å². The number of furan rings is 1. The van der Waals surface area contributed by atoms with Crippen LogP contribution in [0.3, 0.4) is 0 Å². The summed E-state index contributed by atoms with van der Waals surface area (Å²) in [5, 5.41) is 1.05. The van der Waals surface area contributed by atoms with Crippen LogP contribution in [0.5, 0.6) is 11.5 Å². The van der Waals surface area contributed by atoms with E-state index < -0.39 is 0 Å². The fraction of sp³-hybridized carbons (Fsp3) is 0.160. The topological polar surface area (TPSA) is 51.9 Å². The summed E-state index contributed by atoms with van der Waals surface area (Å²) in [5.41, 5.74) is 4.53. The van der Waals surface area contributed by atoms with Crippen LogP contribution < -0.4 is 9.47 Å². The van der Waals surface area contributed by atoms with Gasteiger partial charge in [-0.3, -0.25) is 4.79 Å². The molecule has 4 aromatic rings. The van der Waals surface area contributed by atoms with Gasteiger partial charge in [-0.15, -0.1) is 0 Å². The fourth-order valence-electron chi connectivity index (χ4n) is 3.82. The number of rotatable bonds is 4. The number of hydrogen-bond donors (Lipinski definition) is 0. The number of amides is 1. The van der Waals surface area contributed by atoms with Crippen molar-refractivity contribution < 1.29 is 18.7 Å². The molecule has 5 nitrogen and oxygen atoms in total. The van der Waals surface area contributed by atoms with Crippen LogP contribution >= 0.6 is 0 Å². The summed E-state index contributed by atoms with van der Waals surface area (Å²) < 4.78 is 16.7. The Labute approximate surface area is 174 Å². The predicted octanol–water partition coefficient (Wildman–Crippen LogP) is 5.14. The smallest absolute Gasteiger partial charge is 0.258 e. The van der Waals surface area contributed by atoms with Gasteiger partial charge < -0.3 is 18.8 Å². The van der Waals surface area contributed by atoms with E-state index in [1.54, 1.807) is 13.4 Å². The average Bonchev–Trinajstić information content (AvgIpc) is 3.20. The minimum absolute atomic E-state index is 0.0258. The second-order valence-electron chi connectivity index (χ2n) is 7.31. The van der Waals surface area contributed by atoms with Gasteiger partial charge >= 0.3 is 0 Å². The van der Waals surface area contributed by atoms with Gasteiger partial charge in [0.2, 0.25) is 0 Å². The molecule has 0 aliphatic carbocycles. The van der Waals surface area contributed by atoms with Gasteiger partial charge in [-0.25, -0.2) is 0 Å². The molecule has 1 aliphatic heterocycles. The third kappa shape index (κ3) is 3.39. The lowest BCUT2D eigenvalue weighted by Crippen LogP contribution is -2.31. The molecule has 150 valence electrons. The van der Waals surface area contributed by atoms with E-state index in [1.165, 1.54) is 0 Å². The molecule has 0 radical (unpaired) electrons. The van der Waals surface area contributed by atoms with Crippen molar-refractivity contribution in [2.75, 3.05) is 20.3 Å². The van der Waals surface area contributed by atoms with E-state index >= 15 is 0 Å². The monoisotopic (exact) mass is 399 g/mol. The Morgan fingerprint density at radius 2 is 1.87 bits per heavy atom. The number of carbonyl (C=O) groups is 1. The summed E-state index contributed by atoms with van der Waals surface area (Å²) in [6.07, 6.45) is 1.68. The number of nitrogens with zero attached hydrogens (tertiary/aromatic N) is 1. The van der Waals surface area contributed by atoms with Crippen LogP contribution in [-0.2, 0) is 6.54 Å². The Morgan fingerprint density at radius 3 is 2.77 bits per heavy atom. The number of methoxy groups -OCH3 is 1. The first-order chi connectivity index (χ1) is 14.7. The molecule has 1 aliphatic rings. The van der Waals surface area contributed by atoms with Crippen LogP contribution in [-0.4, -0.2) is 31.1 Å². The van der Waals surface area contributed by atoms with Gasteiger partial charge in [0.15, 0.2) is 0 Å². The highest BCUT2D eigenvalue weighted by Gasteiger charge is 2.24. The first kappa shape index (κ1) is 18.3. The SMILES string of the molecule is COc1cccc(CN2CCOc3cc(-c4ccc5occc5c4)ccc3C2=O)c1. The average molecular weight is 399 g/mol. The minimum Gasteiger partial charge on any atom is -0.497 e. The molecule has 0 saturated carbocycles. The number of benzene rings is 3. The standard InChI is InChI=1S/C25H21NO4/c1-28-21-4-2-3-17(13-21)16-26-10-12-30-24-15-19(5-7-22(24)25(26)27)18-6-8-23-20(14-18)9-11-29-23/h2-9,11,13-15H,10,12,16H2,1H3. The Morgan fingerprint density at radius 1 is 1.00 bits per heavy atom. The lowest BCUT2D eigenvalue weighted by atomic mass is 10.0. The molecule has 1 amide bonds. The molecule has 1 aromatic heterocycles. The molecule has 5 rings (SSSR count). The van der Waals surface area contributed by atoms with Crippen molar-refractivity contribution >= 4 is 16.9 Å². The summed E-state index contributed by atoms with van der Waals surface area (Å²) in [7, 11) is 1.64. The van der Waals surface area contributed by atoms with E-state index in [4.69, 9.17) is 13.9 Å². The first-order valence-electron chi connectivity index (χ1n) is 9.88. The third-order valence-electron chi connectivity index (χ3n) is 5.41. The second-order valence-corrected chi connectivity index (χ2v) is 7.31. The Kier molecular flexibility index (Phi) is 4.64. The fourth-order valence-corrected chi connectivity index (χ4v) is 3.82. The predicted molar refractivity (Wildman–Crippen MR) is 115 cm³/mol. The van der Waals surface area contributed by atoms with Gasteiger partial charge in [0.25, 0.3) is 5.91 Å². The van der Waals surface area contributed by atoms with E-state index in [0.717, 1.165) is 33.4 Å². The van der Waals surface area contributed by atoms with Crippen LogP contribution in [0, 0.1) is 0 Å². The molecule has 0 spiro atoms. The van der Waals surface area contributed by atoms with Gasteiger partial charge in [0.05, 0.1) is 25.5 Å². The molecule has 0 fully saturated rings. The molecule has 0 saturated heterocycles. The van der Waals surface area contributed by atoms with Gasteiger partial charge in [0.1, 0.15) is 23.7 Å². The van der Waals surface area contributed by atoms with Crippen LogP contribution in [0.4, 0.5) is 0 Å². The molecule has 0 bridgehead atoms. The zero-order chi connectivity index (χ0) is 20.5. The van der Waals surface area contributed by atoms with Gasteiger partial charge in [-0.05, 0) is 59.2 Å². The number of carbonyl (C=O) groups excluding carboxylic acids is 1. The van der Waals surface area contributed by atoms with E-state index in [2.05, 4.69) is 6.07 Å². The summed E-state index contributed by atoms with van der Waals surface area (Å²) in [6, 6.07) is 21.5. The highest BCUT2D eigenvalue weighted by Crippen LogP contribution is 2.32. The van der Waals surface area contributed by atoms with Crippen LogP contribution in [0.1, 0.15) is 15.9 Å². The normalized spacial score (nSPS) is 13.6. The number of fused-ring (bicyclic) bond motifs is 2. The van der Waals surface area contributed by atoms with E-state index in [-0.39, 0.29) is 5.91 Å².